The molecule has 0 atom stereocenters. The molecule has 21 heavy (non-hydrogen) atoms. The van der Waals surface area contributed by atoms with Crippen LogP contribution in [0.3, 0.4) is 0 Å². The molecule has 0 fully saturated rings. The fraction of sp³-hybridized carbons (Fsp3) is 0.167. The van der Waals surface area contributed by atoms with Gasteiger partial charge in [-0.2, -0.15) is 13.2 Å². The summed E-state index contributed by atoms with van der Waals surface area (Å²) in [4.78, 5) is 15.0. The van der Waals surface area contributed by atoms with Gasteiger partial charge in [0.15, 0.2) is 17.4 Å². The molecule has 0 saturated heterocycles. The van der Waals surface area contributed by atoms with Crippen LogP contribution in [0.5, 0.6) is 5.75 Å². The molecule has 0 radical (unpaired) electrons. The number of alkyl halides is 3. The number of carbonyl (C=O) groups is 1. The van der Waals surface area contributed by atoms with Crippen molar-refractivity contribution < 1.29 is 31.9 Å². The van der Waals surface area contributed by atoms with E-state index in [1.165, 1.54) is 0 Å². The Bertz CT molecular complexity index is 656. The summed E-state index contributed by atoms with van der Waals surface area (Å²) in [6.07, 6.45) is -4.03. The van der Waals surface area contributed by atoms with Gasteiger partial charge in [0.25, 0.3) is 5.91 Å². The van der Waals surface area contributed by atoms with E-state index in [0.717, 1.165) is 13.1 Å². The highest BCUT2D eigenvalue weighted by Gasteiger charge is 2.45. The SMILES string of the molecule is CN1C(=O)C(=Cc2cc(F)c(O)c(F)c2)N=C1C(F)(F)F. The van der Waals surface area contributed by atoms with Crippen molar-refractivity contribution in [3.8, 4) is 5.75 Å². The molecule has 1 aliphatic rings. The Morgan fingerprint density at radius 1 is 1.24 bits per heavy atom. The van der Waals surface area contributed by atoms with Gasteiger partial charge < -0.3 is 5.11 Å². The third-order valence-electron chi connectivity index (χ3n) is 2.66. The van der Waals surface area contributed by atoms with E-state index in [1.54, 1.807) is 0 Å². The van der Waals surface area contributed by atoms with Crippen LogP contribution >= 0.6 is 0 Å². The van der Waals surface area contributed by atoms with E-state index in [0.29, 0.717) is 17.0 Å². The normalized spacial score (nSPS) is 17.6. The topological polar surface area (TPSA) is 52.9 Å². The van der Waals surface area contributed by atoms with Crippen LogP contribution in [0.1, 0.15) is 5.56 Å². The average Bonchev–Trinajstić information content (AvgIpc) is 2.64. The number of carbonyl (C=O) groups excluding carboxylic acids is 1. The fourth-order valence-corrected chi connectivity index (χ4v) is 1.68. The molecule has 1 amide bonds. The summed E-state index contributed by atoms with van der Waals surface area (Å²) in [6.45, 7) is 0. The molecule has 0 bridgehead atoms. The van der Waals surface area contributed by atoms with Gasteiger partial charge in [-0.25, -0.2) is 13.8 Å². The van der Waals surface area contributed by atoms with Crippen LogP contribution in [0.4, 0.5) is 22.0 Å². The molecule has 1 heterocycles. The van der Waals surface area contributed by atoms with Gasteiger partial charge >= 0.3 is 6.18 Å². The highest BCUT2D eigenvalue weighted by Crippen LogP contribution is 2.28. The highest BCUT2D eigenvalue weighted by molar-refractivity contribution is 6.15. The van der Waals surface area contributed by atoms with Crippen LogP contribution in [-0.2, 0) is 4.79 Å². The van der Waals surface area contributed by atoms with E-state index in [-0.39, 0.29) is 5.56 Å². The van der Waals surface area contributed by atoms with Crippen LogP contribution < -0.4 is 0 Å². The van der Waals surface area contributed by atoms with Gasteiger partial charge in [-0.1, -0.05) is 0 Å². The molecule has 1 N–H and O–H groups in total. The molecule has 1 aromatic carbocycles. The predicted molar refractivity (Wildman–Crippen MR) is 62.3 cm³/mol. The lowest BCUT2D eigenvalue weighted by atomic mass is 10.1. The number of aliphatic imine (C=N–C) groups is 1. The van der Waals surface area contributed by atoms with Crippen molar-refractivity contribution in [3.63, 3.8) is 0 Å². The predicted octanol–water partition coefficient (Wildman–Crippen LogP) is 2.44. The third kappa shape index (κ3) is 2.71. The number of phenols is 1. The van der Waals surface area contributed by atoms with E-state index in [1.807, 2.05) is 0 Å². The number of hydrogen-bond donors (Lipinski definition) is 1. The fourth-order valence-electron chi connectivity index (χ4n) is 1.68. The Morgan fingerprint density at radius 3 is 2.19 bits per heavy atom. The minimum Gasteiger partial charge on any atom is -0.503 e. The Kier molecular flexibility index (Phi) is 3.44. The number of aromatic hydroxyl groups is 1. The Hall–Kier alpha value is -2.45. The summed E-state index contributed by atoms with van der Waals surface area (Å²) in [5, 5.41) is 8.91. The number of amides is 1. The van der Waals surface area contributed by atoms with Crippen molar-refractivity contribution in [2.75, 3.05) is 7.05 Å². The van der Waals surface area contributed by atoms with Crippen LogP contribution in [0.2, 0.25) is 0 Å². The molecule has 112 valence electrons. The molecule has 2 rings (SSSR count). The summed E-state index contributed by atoms with van der Waals surface area (Å²) in [6, 6.07) is 1.33. The smallest absolute Gasteiger partial charge is 0.449 e. The number of halogens is 5. The van der Waals surface area contributed by atoms with Gasteiger partial charge in [-0.05, 0) is 23.8 Å². The molecule has 0 unspecified atom stereocenters. The second-order valence-electron chi connectivity index (χ2n) is 4.16. The van der Waals surface area contributed by atoms with Crippen molar-refractivity contribution in [2.45, 2.75) is 6.18 Å². The summed E-state index contributed by atoms with van der Waals surface area (Å²) in [5.41, 5.74) is -0.860. The zero-order valence-electron chi connectivity index (χ0n) is 10.4. The zero-order chi connectivity index (χ0) is 15.9. The molecular weight excluding hydrogens is 299 g/mol. The van der Waals surface area contributed by atoms with Gasteiger partial charge in [-0.3, -0.25) is 9.69 Å². The molecule has 1 aromatic rings. The number of phenolic OH excluding ortho intramolecular Hbond substituents is 1. The number of benzene rings is 1. The quantitative estimate of drug-likeness (QED) is 0.640. The molecule has 1 aliphatic heterocycles. The maximum Gasteiger partial charge on any atom is 0.449 e. The van der Waals surface area contributed by atoms with Crippen LogP contribution in [-0.4, -0.2) is 35.0 Å². The van der Waals surface area contributed by atoms with Crippen molar-refractivity contribution >= 4 is 17.8 Å². The second kappa shape index (κ2) is 4.83. The van der Waals surface area contributed by atoms with E-state index in [4.69, 9.17) is 5.11 Å². The summed E-state index contributed by atoms with van der Waals surface area (Å²) < 4.78 is 64.0. The lowest BCUT2D eigenvalue weighted by molar-refractivity contribution is -0.124. The van der Waals surface area contributed by atoms with Crippen molar-refractivity contribution in [2.24, 2.45) is 4.99 Å². The zero-order valence-corrected chi connectivity index (χ0v) is 10.4. The first kappa shape index (κ1) is 14.9. The Labute approximate surface area is 114 Å². The van der Waals surface area contributed by atoms with Crippen molar-refractivity contribution in [1.82, 2.24) is 4.90 Å². The van der Waals surface area contributed by atoms with E-state index in [9.17, 15) is 26.7 Å². The molecule has 0 saturated carbocycles. The maximum atomic E-state index is 13.1. The number of likely N-dealkylation sites (N-methyl/N-ethyl adjacent to an activating group) is 1. The minimum absolute atomic E-state index is 0.244. The first-order chi connectivity index (χ1) is 9.61. The molecule has 0 aliphatic carbocycles. The number of hydrogen-bond acceptors (Lipinski definition) is 3. The standard InChI is InChI=1S/C12H7F5N2O2/c1-19-10(21)8(18-11(19)12(15,16)17)4-5-2-6(13)9(20)7(14)3-5/h2-4,20H,1H3. The van der Waals surface area contributed by atoms with Gasteiger partial charge in [0.1, 0.15) is 5.70 Å². The number of nitrogens with zero attached hydrogens (tertiary/aromatic N) is 2. The summed E-state index contributed by atoms with van der Waals surface area (Å²) >= 11 is 0. The number of rotatable bonds is 1. The molecule has 0 spiro atoms. The van der Waals surface area contributed by atoms with Gasteiger partial charge in [0.2, 0.25) is 5.84 Å². The maximum absolute atomic E-state index is 13.1. The summed E-state index contributed by atoms with van der Waals surface area (Å²) in [7, 11) is 0.882. The van der Waals surface area contributed by atoms with E-state index < -0.39 is 41.0 Å². The average molecular weight is 306 g/mol. The third-order valence-corrected chi connectivity index (χ3v) is 2.66. The van der Waals surface area contributed by atoms with E-state index in [2.05, 4.69) is 4.99 Å². The van der Waals surface area contributed by atoms with Crippen molar-refractivity contribution in [3.05, 3.63) is 35.0 Å². The monoisotopic (exact) mass is 306 g/mol. The van der Waals surface area contributed by atoms with Crippen LogP contribution in [0.25, 0.3) is 6.08 Å². The first-order valence-corrected chi connectivity index (χ1v) is 5.45. The van der Waals surface area contributed by atoms with Crippen molar-refractivity contribution in [1.29, 1.82) is 0 Å². The van der Waals surface area contributed by atoms with Crippen LogP contribution in [0, 0.1) is 11.6 Å². The van der Waals surface area contributed by atoms with Gasteiger partial charge in [0, 0.05) is 7.05 Å². The first-order valence-electron chi connectivity index (χ1n) is 5.45. The van der Waals surface area contributed by atoms with E-state index >= 15 is 0 Å². The molecule has 0 aromatic heterocycles. The Balaban J connectivity index is 2.47. The van der Waals surface area contributed by atoms with Crippen LogP contribution in [0.15, 0.2) is 22.8 Å². The largest absolute Gasteiger partial charge is 0.503 e. The highest BCUT2D eigenvalue weighted by atomic mass is 19.4. The lowest BCUT2D eigenvalue weighted by Crippen LogP contribution is -2.37. The molecular formula is C12H7F5N2O2. The minimum atomic E-state index is -4.83. The lowest BCUT2D eigenvalue weighted by Gasteiger charge is -2.13. The van der Waals surface area contributed by atoms with Gasteiger partial charge in [-0.15, -0.1) is 0 Å². The Morgan fingerprint density at radius 2 is 1.76 bits per heavy atom. The molecule has 9 heteroatoms. The second-order valence-corrected chi connectivity index (χ2v) is 4.16. The summed E-state index contributed by atoms with van der Waals surface area (Å²) in [5.74, 6) is -6.30. The molecule has 4 nitrogen and oxygen atoms in total. The number of amidine groups is 1. The van der Waals surface area contributed by atoms with Gasteiger partial charge in [0.05, 0.1) is 0 Å².